The normalized spacial score (nSPS) is 11.3. The van der Waals surface area contributed by atoms with Gasteiger partial charge in [-0.1, -0.05) is 5.16 Å². The molecule has 1 aromatic heterocycles. The van der Waals surface area contributed by atoms with Gasteiger partial charge in [0.05, 0.1) is 18.2 Å². The van der Waals surface area contributed by atoms with Crippen LogP contribution in [0.4, 0.5) is 4.39 Å². The summed E-state index contributed by atoms with van der Waals surface area (Å²) in [5.41, 5.74) is -0.766. The number of carbonyl (C=O) groups is 1. The molecule has 0 atom stereocenters. The zero-order valence-corrected chi connectivity index (χ0v) is 12.2. The van der Waals surface area contributed by atoms with E-state index in [4.69, 9.17) is 9.26 Å². The van der Waals surface area contributed by atoms with Gasteiger partial charge >= 0.3 is 0 Å². The van der Waals surface area contributed by atoms with Crippen LogP contribution in [0.5, 0.6) is 5.75 Å². The predicted molar refractivity (Wildman–Crippen MR) is 72.5 cm³/mol. The minimum absolute atomic E-state index is 0.103. The average Bonchev–Trinajstić information content (AvgIpc) is 2.85. The van der Waals surface area contributed by atoms with Crippen molar-refractivity contribution in [3.63, 3.8) is 0 Å². The molecular formula is C14H16FN3O3. The number of amides is 1. The van der Waals surface area contributed by atoms with Gasteiger partial charge in [-0.3, -0.25) is 4.79 Å². The molecule has 21 heavy (non-hydrogen) atoms. The lowest BCUT2D eigenvalue weighted by molar-refractivity contribution is 0.0904. The van der Waals surface area contributed by atoms with Gasteiger partial charge in [-0.05, 0) is 32.0 Å². The third-order valence-corrected chi connectivity index (χ3v) is 2.92. The fourth-order valence-electron chi connectivity index (χ4n) is 1.82. The summed E-state index contributed by atoms with van der Waals surface area (Å²) < 4.78 is 23.3. The fourth-order valence-corrected chi connectivity index (χ4v) is 1.82. The number of nitrogens with zero attached hydrogens (tertiary/aromatic N) is 2. The first-order valence-electron chi connectivity index (χ1n) is 6.30. The largest absolute Gasteiger partial charge is 0.496 e. The minimum atomic E-state index is -0.869. The smallest absolute Gasteiger partial charge is 0.255 e. The number of hydrogen-bond donors (Lipinski definition) is 1. The Labute approximate surface area is 121 Å². The predicted octanol–water partition coefficient (Wildman–Crippen LogP) is 2.19. The van der Waals surface area contributed by atoms with Crippen LogP contribution in [0.3, 0.4) is 0 Å². The highest BCUT2D eigenvalue weighted by Gasteiger charge is 2.29. The van der Waals surface area contributed by atoms with E-state index in [1.165, 1.54) is 19.2 Å². The molecule has 1 aromatic carbocycles. The summed E-state index contributed by atoms with van der Waals surface area (Å²) in [7, 11) is 1.41. The Hall–Kier alpha value is -2.44. The first-order valence-corrected chi connectivity index (χ1v) is 6.30. The molecule has 1 N–H and O–H groups in total. The van der Waals surface area contributed by atoms with Gasteiger partial charge < -0.3 is 14.6 Å². The van der Waals surface area contributed by atoms with E-state index in [0.29, 0.717) is 11.7 Å². The Kier molecular flexibility index (Phi) is 3.93. The molecule has 0 bridgehead atoms. The Balaban J connectivity index is 2.27. The van der Waals surface area contributed by atoms with Crippen molar-refractivity contribution in [3.8, 4) is 5.75 Å². The maximum absolute atomic E-state index is 13.3. The maximum Gasteiger partial charge on any atom is 0.255 e. The molecule has 6 nitrogen and oxygen atoms in total. The van der Waals surface area contributed by atoms with Crippen molar-refractivity contribution >= 4 is 5.91 Å². The molecule has 0 spiro atoms. The second kappa shape index (κ2) is 5.51. The number of hydrogen-bond acceptors (Lipinski definition) is 5. The molecule has 2 rings (SSSR count). The van der Waals surface area contributed by atoms with Gasteiger partial charge in [0.15, 0.2) is 5.82 Å². The quantitative estimate of drug-likeness (QED) is 0.935. The average molecular weight is 293 g/mol. The van der Waals surface area contributed by atoms with Gasteiger partial charge in [0.25, 0.3) is 5.91 Å². The second-order valence-electron chi connectivity index (χ2n) is 5.06. The van der Waals surface area contributed by atoms with Gasteiger partial charge in [0.1, 0.15) is 11.6 Å². The second-order valence-corrected chi connectivity index (χ2v) is 5.06. The lowest BCUT2D eigenvalue weighted by atomic mass is 10.0. The van der Waals surface area contributed by atoms with Crippen molar-refractivity contribution in [1.29, 1.82) is 0 Å². The van der Waals surface area contributed by atoms with Crippen LogP contribution in [0.15, 0.2) is 22.7 Å². The van der Waals surface area contributed by atoms with E-state index in [0.717, 1.165) is 6.07 Å². The number of rotatable bonds is 4. The van der Waals surface area contributed by atoms with E-state index in [2.05, 4.69) is 15.5 Å². The summed E-state index contributed by atoms with van der Waals surface area (Å²) >= 11 is 0. The third kappa shape index (κ3) is 3.18. The first kappa shape index (κ1) is 15.0. The van der Waals surface area contributed by atoms with Gasteiger partial charge in [-0.15, -0.1) is 0 Å². The van der Waals surface area contributed by atoms with Crippen LogP contribution in [0.25, 0.3) is 0 Å². The molecule has 0 aliphatic heterocycles. The molecule has 0 saturated heterocycles. The summed E-state index contributed by atoms with van der Waals surface area (Å²) in [6, 6.07) is 3.74. The number of halogens is 1. The molecule has 112 valence electrons. The molecule has 0 fully saturated rings. The molecule has 7 heteroatoms. The Morgan fingerprint density at radius 3 is 2.71 bits per heavy atom. The van der Waals surface area contributed by atoms with Crippen molar-refractivity contribution in [2.75, 3.05) is 7.11 Å². The fraction of sp³-hybridized carbons (Fsp3) is 0.357. The van der Waals surface area contributed by atoms with E-state index in [-0.39, 0.29) is 11.3 Å². The van der Waals surface area contributed by atoms with E-state index in [1.54, 1.807) is 20.8 Å². The molecular weight excluding hydrogens is 277 g/mol. The lowest BCUT2D eigenvalue weighted by Crippen LogP contribution is -2.42. The zero-order chi connectivity index (χ0) is 15.6. The first-order chi connectivity index (χ1) is 9.83. The van der Waals surface area contributed by atoms with Crippen molar-refractivity contribution in [3.05, 3.63) is 41.3 Å². The Bertz CT molecular complexity index is 667. The summed E-state index contributed by atoms with van der Waals surface area (Å²) in [6.07, 6.45) is 0. The molecule has 1 heterocycles. The van der Waals surface area contributed by atoms with Crippen molar-refractivity contribution in [2.45, 2.75) is 26.3 Å². The highest BCUT2D eigenvalue weighted by atomic mass is 19.1. The number of aryl methyl sites for hydroxylation is 1. The van der Waals surface area contributed by atoms with E-state index < -0.39 is 17.3 Å². The molecule has 2 aromatic rings. The molecule has 0 aliphatic rings. The van der Waals surface area contributed by atoms with Crippen molar-refractivity contribution in [1.82, 2.24) is 15.5 Å². The highest BCUT2D eigenvalue weighted by Crippen LogP contribution is 2.22. The maximum atomic E-state index is 13.3. The number of methoxy groups -OCH3 is 1. The van der Waals surface area contributed by atoms with Crippen LogP contribution in [0, 0.1) is 12.7 Å². The Morgan fingerprint density at radius 2 is 2.14 bits per heavy atom. The standard InChI is InChI=1S/C14H16FN3O3/c1-8-16-13(18-21-8)14(2,3)17-12(19)10-7-9(15)5-6-11(10)20-4/h5-7H,1-4H3,(H,17,19). The van der Waals surface area contributed by atoms with Crippen LogP contribution in [0.1, 0.15) is 35.9 Å². The van der Waals surface area contributed by atoms with Gasteiger partial charge in [-0.2, -0.15) is 4.98 Å². The van der Waals surface area contributed by atoms with Gasteiger partial charge in [-0.25, -0.2) is 4.39 Å². The van der Waals surface area contributed by atoms with Crippen molar-refractivity contribution < 1.29 is 18.4 Å². The van der Waals surface area contributed by atoms with Crippen LogP contribution in [0.2, 0.25) is 0 Å². The Morgan fingerprint density at radius 1 is 1.43 bits per heavy atom. The number of aromatic nitrogens is 2. The van der Waals surface area contributed by atoms with Crippen LogP contribution < -0.4 is 10.1 Å². The SMILES string of the molecule is COc1ccc(F)cc1C(=O)NC(C)(C)c1noc(C)n1. The van der Waals surface area contributed by atoms with E-state index in [9.17, 15) is 9.18 Å². The number of nitrogens with one attached hydrogen (secondary N) is 1. The van der Waals surface area contributed by atoms with E-state index >= 15 is 0 Å². The van der Waals surface area contributed by atoms with Crippen LogP contribution >= 0.6 is 0 Å². The minimum Gasteiger partial charge on any atom is -0.496 e. The number of ether oxygens (including phenoxy) is 1. The summed E-state index contributed by atoms with van der Waals surface area (Å²) in [4.78, 5) is 16.4. The van der Waals surface area contributed by atoms with E-state index in [1.807, 2.05) is 0 Å². The summed E-state index contributed by atoms with van der Waals surface area (Å²) in [5, 5.41) is 6.52. The van der Waals surface area contributed by atoms with Gasteiger partial charge in [0.2, 0.25) is 5.89 Å². The molecule has 0 radical (unpaired) electrons. The molecule has 0 saturated carbocycles. The molecule has 0 unspecified atom stereocenters. The van der Waals surface area contributed by atoms with Crippen molar-refractivity contribution in [2.24, 2.45) is 0 Å². The topological polar surface area (TPSA) is 77.2 Å². The third-order valence-electron chi connectivity index (χ3n) is 2.92. The monoisotopic (exact) mass is 293 g/mol. The highest BCUT2D eigenvalue weighted by molar-refractivity contribution is 5.97. The number of benzene rings is 1. The zero-order valence-electron chi connectivity index (χ0n) is 12.2. The lowest BCUT2D eigenvalue weighted by Gasteiger charge is -2.22. The van der Waals surface area contributed by atoms with Gasteiger partial charge in [0, 0.05) is 6.92 Å². The molecule has 0 aliphatic carbocycles. The molecule has 1 amide bonds. The van der Waals surface area contributed by atoms with Crippen LogP contribution in [-0.2, 0) is 5.54 Å². The summed E-state index contributed by atoms with van der Waals surface area (Å²) in [5.74, 6) is 0.0151. The summed E-state index contributed by atoms with van der Waals surface area (Å²) in [6.45, 7) is 5.10. The van der Waals surface area contributed by atoms with Crippen LogP contribution in [-0.4, -0.2) is 23.2 Å². The number of carbonyl (C=O) groups excluding carboxylic acids is 1.